The third kappa shape index (κ3) is 5.07. The molecular weight excluding hydrogens is 316 g/mol. The number of carboxylic acids is 1. The van der Waals surface area contributed by atoms with Crippen LogP contribution in [0.4, 0.5) is 4.79 Å². The van der Waals surface area contributed by atoms with Gasteiger partial charge in [-0.1, -0.05) is 30.3 Å². The van der Waals surface area contributed by atoms with E-state index in [1.807, 2.05) is 37.3 Å². The molecule has 2 N–H and O–H groups in total. The average molecular weight is 334 g/mol. The fourth-order valence-corrected chi connectivity index (χ4v) is 3.14. The van der Waals surface area contributed by atoms with Gasteiger partial charge in [0, 0.05) is 0 Å². The SMILES string of the molecule is Cc1nc(C)c(C(CC(=O)O)NC(=O)OCc2ccccc2)s1. The summed E-state index contributed by atoms with van der Waals surface area (Å²) in [5.41, 5.74) is 1.59. The van der Waals surface area contributed by atoms with Gasteiger partial charge in [0.05, 0.1) is 28.0 Å². The van der Waals surface area contributed by atoms with Crippen molar-refractivity contribution in [1.29, 1.82) is 0 Å². The molecule has 1 heterocycles. The monoisotopic (exact) mass is 334 g/mol. The van der Waals surface area contributed by atoms with E-state index in [1.54, 1.807) is 6.92 Å². The van der Waals surface area contributed by atoms with Gasteiger partial charge in [0.1, 0.15) is 6.61 Å². The summed E-state index contributed by atoms with van der Waals surface area (Å²) in [6.45, 7) is 3.77. The molecule has 6 nitrogen and oxygen atoms in total. The largest absolute Gasteiger partial charge is 0.481 e. The van der Waals surface area contributed by atoms with Gasteiger partial charge < -0.3 is 15.2 Å². The Bertz CT molecular complexity index is 685. The Morgan fingerprint density at radius 1 is 1.30 bits per heavy atom. The molecule has 2 rings (SSSR count). The zero-order chi connectivity index (χ0) is 16.8. The first-order valence-corrected chi connectivity index (χ1v) is 7.90. The fourth-order valence-electron chi connectivity index (χ4n) is 2.16. The molecule has 1 aromatic carbocycles. The Labute approximate surface area is 138 Å². The van der Waals surface area contributed by atoms with E-state index in [0.717, 1.165) is 21.1 Å². The first-order valence-electron chi connectivity index (χ1n) is 7.08. The number of hydrogen-bond acceptors (Lipinski definition) is 5. The maximum atomic E-state index is 12.0. The summed E-state index contributed by atoms with van der Waals surface area (Å²) in [5.74, 6) is -0.996. The van der Waals surface area contributed by atoms with Crippen LogP contribution in [0.15, 0.2) is 30.3 Å². The second kappa shape index (κ2) is 7.73. The van der Waals surface area contributed by atoms with Gasteiger partial charge in [0.15, 0.2) is 0 Å². The number of rotatable bonds is 6. The van der Waals surface area contributed by atoms with Gasteiger partial charge in [-0.3, -0.25) is 4.79 Å². The smallest absolute Gasteiger partial charge is 0.407 e. The Morgan fingerprint density at radius 2 is 2.00 bits per heavy atom. The summed E-state index contributed by atoms with van der Waals surface area (Å²) in [7, 11) is 0. The van der Waals surface area contributed by atoms with Gasteiger partial charge in [-0.2, -0.15) is 0 Å². The van der Waals surface area contributed by atoms with Crippen LogP contribution >= 0.6 is 11.3 Å². The third-order valence-electron chi connectivity index (χ3n) is 3.14. The van der Waals surface area contributed by atoms with Gasteiger partial charge in [-0.25, -0.2) is 9.78 Å². The highest BCUT2D eigenvalue weighted by molar-refractivity contribution is 7.11. The predicted octanol–water partition coefficient (Wildman–Crippen LogP) is 3.20. The first kappa shape index (κ1) is 17.0. The molecule has 23 heavy (non-hydrogen) atoms. The minimum absolute atomic E-state index is 0.132. The van der Waals surface area contributed by atoms with Crippen LogP contribution in [0.1, 0.15) is 33.6 Å². The molecule has 0 spiro atoms. The summed E-state index contributed by atoms with van der Waals surface area (Å²) < 4.78 is 5.15. The number of aliphatic carboxylic acids is 1. The zero-order valence-electron chi connectivity index (χ0n) is 12.9. The van der Waals surface area contributed by atoms with E-state index in [-0.39, 0.29) is 13.0 Å². The van der Waals surface area contributed by atoms with Gasteiger partial charge >= 0.3 is 12.1 Å². The number of aryl methyl sites for hydroxylation is 2. The van der Waals surface area contributed by atoms with Crippen molar-refractivity contribution in [3.05, 3.63) is 51.5 Å². The van der Waals surface area contributed by atoms with Gasteiger partial charge in [0.25, 0.3) is 0 Å². The summed E-state index contributed by atoms with van der Waals surface area (Å²) >= 11 is 1.38. The number of nitrogens with one attached hydrogen (secondary N) is 1. The fraction of sp³-hybridized carbons (Fsp3) is 0.312. The number of carboxylic acid groups (broad SMARTS) is 1. The van der Waals surface area contributed by atoms with Crippen LogP contribution in [0.3, 0.4) is 0 Å². The number of nitrogens with zero attached hydrogens (tertiary/aromatic N) is 1. The number of carbonyl (C=O) groups is 2. The number of aromatic nitrogens is 1. The number of alkyl carbamates (subject to hydrolysis) is 1. The highest BCUT2D eigenvalue weighted by Crippen LogP contribution is 2.27. The van der Waals surface area contributed by atoms with Crippen molar-refractivity contribution >= 4 is 23.4 Å². The quantitative estimate of drug-likeness (QED) is 0.847. The Kier molecular flexibility index (Phi) is 5.70. The lowest BCUT2D eigenvalue weighted by Gasteiger charge is -2.16. The minimum atomic E-state index is -0.996. The molecule has 1 atom stereocenters. The van der Waals surface area contributed by atoms with Crippen molar-refractivity contribution in [2.45, 2.75) is 32.9 Å². The predicted molar refractivity (Wildman–Crippen MR) is 86.3 cm³/mol. The number of carbonyl (C=O) groups excluding carboxylic acids is 1. The van der Waals surface area contributed by atoms with E-state index in [4.69, 9.17) is 9.84 Å². The lowest BCUT2D eigenvalue weighted by atomic mass is 10.1. The average Bonchev–Trinajstić information content (AvgIpc) is 2.84. The van der Waals surface area contributed by atoms with E-state index in [9.17, 15) is 9.59 Å². The van der Waals surface area contributed by atoms with E-state index >= 15 is 0 Å². The molecule has 1 aromatic heterocycles. The van der Waals surface area contributed by atoms with Crippen molar-refractivity contribution in [3.63, 3.8) is 0 Å². The molecular formula is C16H18N2O4S. The molecule has 0 radical (unpaired) electrons. The Morgan fingerprint density at radius 3 is 2.57 bits per heavy atom. The minimum Gasteiger partial charge on any atom is -0.481 e. The summed E-state index contributed by atoms with van der Waals surface area (Å²) in [6.07, 6.45) is -0.867. The van der Waals surface area contributed by atoms with Crippen LogP contribution in [-0.4, -0.2) is 22.2 Å². The summed E-state index contributed by atoms with van der Waals surface area (Å²) in [4.78, 5) is 28.0. The van der Waals surface area contributed by atoms with Crippen molar-refractivity contribution in [2.75, 3.05) is 0 Å². The molecule has 0 fully saturated rings. The van der Waals surface area contributed by atoms with Gasteiger partial charge in [0.2, 0.25) is 0 Å². The van der Waals surface area contributed by atoms with Crippen LogP contribution in [0.5, 0.6) is 0 Å². The van der Waals surface area contributed by atoms with Crippen molar-refractivity contribution in [2.24, 2.45) is 0 Å². The zero-order valence-corrected chi connectivity index (χ0v) is 13.7. The van der Waals surface area contributed by atoms with E-state index < -0.39 is 18.1 Å². The van der Waals surface area contributed by atoms with Crippen LogP contribution in [0.25, 0.3) is 0 Å². The van der Waals surface area contributed by atoms with Gasteiger partial charge in [-0.05, 0) is 19.4 Å². The van der Waals surface area contributed by atoms with Crippen LogP contribution in [0, 0.1) is 13.8 Å². The number of benzene rings is 1. The standard InChI is InChI=1S/C16H18N2O4S/c1-10-15(23-11(2)17-10)13(8-14(19)20)18-16(21)22-9-12-6-4-3-5-7-12/h3-7,13H,8-9H2,1-2H3,(H,18,21)(H,19,20). The van der Waals surface area contributed by atoms with Crippen LogP contribution in [-0.2, 0) is 16.1 Å². The molecule has 2 aromatic rings. The van der Waals surface area contributed by atoms with Gasteiger partial charge in [-0.15, -0.1) is 11.3 Å². The maximum absolute atomic E-state index is 12.0. The second-order valence-corrected chi connectivity index (χ2v) is 6.27. The maximum Gasteiger partial charge on any atom is 0.407 e. The highest BCUT2D eigenvalue weighted by atomic mass is 32.1. The number of hydrogen-bond donors (Lipinski definition) is 2. The van der Waals surface area contributed by atoms with Crippen LogP contribution < -0.4 is 5.32 Å². The van der Waals surface area contributed by atoms with Crippen molar-refractivity contribution in [3.8, 4) is 0 Å². The molecule has 0 aliphatic rings. The Hall–Kier alpha value is -2.41. The third-order valence-corrected chi connectivity index (χ3v) is 4.33. The molecule has 0 saturated heterocycles. The summed E-state index contributed by atoms with van der Waals surface area (Å²) in [6, 6.07) is 8.63. The number of amides is 1. The first-order chi connectivity index (χ1) is 11.0. The van der Waals surface area contributed by atoms with Crippen LogP contribution in [0.2, 0.25) is 0 Å². The second-order valence-electron chi connectivity index (χ2n) is 5.04. The van der Waals surface area contributed by atoms with E-state index in [1.165, 1.54) is 11.3 Å². The highest BCUT2D eigenvalue weighted by Gasteiger charge is 2.23. The Balaban J connectivity index is 2.01. The normalized spacial score (nSPS) is 11.7. The molecule has 0 aliphatic heterocycles. The number of thiazole rings is 1. The molecule has 7 heteroatoms. The molecule has 1 unspecified atom stereocenters. The molecule has 122 valence electrons. The van der Waals surface area contributed by atoms with Crippen molar-refractivity contribution < 1.29 is 19.4 Å². The number of ether oxygens (including phenoxy) is 1. The van der Waals surface area contributed by atoms with E-state index in [2.05, 4.69) is 10.3 Å². The topological polar surface area (TPSA) is 88.5 Å². The molecule has 0 bridgehead atoms. The van der Waals surface area contributed by atoms with E-state index in [0.29, 0.717) is 0 Å². The molecule has 0 aliphatic carbocycles. The summed E-state index contributed by atoms with van der Waals surface area (Å²) in [5, 5.41) is 12.5. The lowest BCUT2D eigenvalue weighted by molar-refractivity contribution is -0.137. The molecule has 1 amide bonds. The lowest BCUT2D eigenvalue weighted by Crippen LogP contribution is -2.30. The van der Waals surface area contributed by atoms with Crippen molar-refractivity contribution in [1.82, 2.24) is 10.3 Å². The molecule has 0 saturated carbocycles.